The van der Waals surface area contributed by atoms with Crippen molar-refractivity contribution in [1.29, 1.82) is 0 Å². The molecule has 31 heavy (non-hydrogen) atoms. The van der Waals surface area contributed by atoms with Crippen LogP contribution in [-0.2, 0) is 12.8 Å². The molecule has 0 amide bonds. The van der Waals surface area contributed by atoms with Crippen molar-refractivity contribution in [3.05, 3.63) is 59.8 Å². The largest absolute Gasteiger partial charge is 0.494 e. The lowest BCUT2D eigenvalue weighted by Gasteiger charge is -2.35. The first-order chi connectivity index (χ1) is 15.1. The molecule has 0 aliphatic carbocycles. The molecule has 1 saturated heterocycles. The van der Waals surface area contributed by atoms with Crippen LogP contribution in [0, 0.1) is 6.92 Å². The van der Waals surface area contributed by atoms with Crippen LogP contribution in [-0.4, -0.2) is 39.2 Å². The number of aromatic nitrogens is 4. The first-order valence-corrected chi connectivity index (χ1v) is 10.9. The van der Waals surface area contributed by atoms with E-state index in [4.69, 9.17) is 14.7 Å². The molecule has 1 aromatic carbocycles. The number of hydrogen-bond acceptors (Lipinski definition) is 6. The van der Waals surface area contributed by atoms with Crippen molar-refractivity contribution in [2.24, 2.45) is 0 Å². The zero-order valence-electron chi connectivity index (χ0n) is 18.4. The highest BCUT2D eigenvalue weighted by atomic mass is 16.5. The van der Waals surface area contributed by atoms with E-state index >= 15 is 0 Å². The van der Waals surface area contributed by atoms with Gasteiger partial charge in [-0.25, -0.2) is 9.97 Å². The fraction of sp³-hybridized carbons (Fsp3) is 0.375. The number of methoxy groups -OCH3 is 1. The maximum Gasteiger partial charge on any atom is 0.229 e. The highest BCUT2D eigenvalue weighted by molar-refractivity contribution is 5.65. The molecule has 0 spiro atoms. The average Bonchev–Trinajstić information content (AvgIpc) is 3.43. The Hall–Kier alpha value is -3.35. The molecule has 7 heteroatoms. The van der Waals surface area contributed by atoms with Gasteiger partial charge in [-0.3, -0.25) is 0 Å². The molecule has 0 bridgehead atoms. The fourth-order valence-corrected chi connectivity index (χ4v) is 4.72. The van der Waals surface area contributed by atoms with Crippen molar-refractivity contribution in [3.8, 4) is 11.4 Å². The maximum absolute atomic E-state index is 5.64. The summed E-state index contributed by atoms with van der Waals surface area (Å²) in [6.07, 6.45) is 7.87. The van der Waals surface area contributed by atoms with Crippen LogP contribution in [0.3, 0.4) is 0 Å². The minimum absolute atomic E-state index is 0.415. The lowest BCUT2D eigenvalue weighted by molar-refractivity contribution is 0.413. The lowest BCUT2D eigenvalue weighted by atomic mass is 9.93. The predicted molar refractivity (Wildman–Crippen MR) is 123 cm³/mol. The van der Waals surface area contributed by atoms with Crippen molar-refractivity contribution in [1.82, 2.24) is 19.5 Å². The maximum atomic E-state index is 5.64. The Morgan fingerprint density at radius 2 is 2.16 bits per heavy atom. The summed E-state index contributed by atoms with van der Waals surface area (Å²) in [6.45, 7) is 9.49. The minimum Gasteiger partial charge on any atom is -0.494 e. The number of fused-ring (bicyclic) bond motifs is 3. The third-order valence-electron chi connectivity index (χ3n) is 6.23. The van der Waals surface area contributed by atoms with E-state index in [1.54, 1.807) is 13.4 Å². The van der Waals surface area contributed by atoms with Gasteiger partial charge < -0.3 is 19.5 Å². The van der Waals surface area contributed by atoms with Crippen molar-refractivity contribution in [2.75, 3.05) is 23.9 Å². The molecule has 4 heterocycles. The van der Waals surface area contributed by atoms with Gasteiger partial charge in [0.25, 0.3) is 0 Å². The van der Waals surface area contributed by atoms with E-state index in [0.717, 1.165) is 53.7 Å². The number of benzene rings is 1. The van der Waals surface area contributed by atoms with Crippen molar-refractivity contribution >= 4 is 17.5 Å². The van der Waals surface area contributed by atoms with Gasteiger partial charge in [0.15, 0.2) is 0 Å². The number of nitrogens with one attached hydrogen (secondary N) is 1. The van der Waals surface area contributed by atoms with Crippen molar-refractivity contribution in [3.63, 3.8) is 0 Å². The van der Waals surface area contributed by atoms with Crippen molar-refractivity contribution in [2.45, 2.75) is 45.6 Å². The average molecular weight is 417 g/mol. The van der Waals surface area contributed by atoms with Crippen LogP contribution in [0.15, 0.2) is 42.9 Å². The molecule has 2 aromatic heterocycles. The number of hydrogen-bond donors (Lipinski definition) is 1. The summed E-state index contributed by atoms with van der Waals surface area (Å²) in [6, 6.07) is 6.42. The van der Waals surface area contributed by atoms with E-state index in [1.807, 2.05) is 35.9 Å². The highest BCUT2D eigenvalue weighted by Crippen LogP contribution is 2.39. The molecular weight excluding hydrogens is 388 g/mol. The van der Waals surface area contributed by atoms with E-state index in [0.29, 0.717) is 12.0 Å². The van der Waals surface area contributed by atoms with Gasteiger partial charge >= 0.3 is 0 Å². The number of anilines is 3. The predicted octanol–water partition coefficient (Wildman–Crippen LogP) is 4.37. The zero-order chi connectivity index (χ0) is 21.5. The molecule has 2 aliphatic rings. The van der Waals surface area contributed by atoms with E-state index in [2.05, 4.69) is 28.7 Å². The Morgan fingerprint density at radius 1 is 1.29 bits per heavy atom. The quantitative estimate of drug-likeness (QED) is 0.623. The summed E-state index contributed by atoms with van der Waals surface area (Å²) in [5, 5.41) is 3.40. The Bertz CT molecular complexity index is 1150. The van der Waals surface area contributed by atoms with Crippen LogP contribution in [0.2, 0.25) is 0 Å². The van der Waals surface area contributed by atoms with Crippen molar-refractivity contribution < 1.29 is 4.74 Å². The van der Waals surface area contributed by atoms with Crippen LogP contribution >= 0.6 is 0 Å². The Labute approximate surface area is 182 Å². The second-order valence-corrected chi connectivity index (χ2v) is 8.27. The summed E-state index contributed by atoms with van der Waals surface area (Å²) < 4.78 is 7.61. The van der Waals surface area contributed by atoms with E-state index in [9.17, 15) is 0 Å². The van der Waals surface area contributed by atoms with Gasteiger partial charge in [-0.1, -0.05) is 19.1 Å². The van der Waals surface area contributed by atoms with Crippen LogP contribution in [0.4, 0.5) is 17.5 Å². The molecule has 1 atom stereocenters. The van der Waals surface area contributed by atoms with Gasteiger partial charge in [0.2, 0.25) is 5.95 Å². The van der Waals surface area contributed by atoms with Gasteiger partial charge in [-0.05, 0) is 38.3 Å². The lowest BCUT2D eigenvalue weighted by Crippen LogP contribution is -2.37. The van der Waals surface area contributed by atoms with E-state index < -0.39 is 0 Å². The Balaban J connectivity index is 1.49. The number of rotatable bonds is 5. The number of imidazole rings is 1. The van der Waals surface area contributed by atoms with Gasteiger partial charge in [-0.15, -0.1) is 0 Å². The number of ether oxygens (including phenoxy) is 1. The summed E-state index contributed by atoms with van der Waals surface area (Å²) in [4.78, 5) is 16.5. The molecule has 3 aromatic rings. The molecule has 1 unspecified atom stereocenters. The summed E-state index contributed by atoms with van der Waals surface area (Å²) in [5.41, 5.74) is 6.40. The Morgan fingerprint density at radius 3 is 2.90 bits per heavy atom. The van der Waals surface area contributed by atoms with E-state index in [1.165, 1.54) is 24.0 Å². The molecule has 2 aliphatic heterocycles. The topological polar surface area (TPSA) is 68.1 Å². The summed E-state index contributed by atoms with van der Waals surface area (Å²) in [7, 11) is 1.68. The molecule has 1 fully saturated rings. The molecule has 7 nitrogen and oxygen atoms in total. The molecule has 0 saturated carbocycles. The van der Waals surface area contributed by atoms with Crippen LogP contribution in [0.25, 0.3) is 5.69 Å². The monoisotopic (exact) mass is 416 g/mol. The minimum atomic E-state index is 0.415. The summed E-state index contributed by atoms with van der Waals surface area (Å²) in [5.74, 6) is 2.45. The smallest absolute Gasteiger partial charge is 0.229 e. The molecular formula is C24H28N6O. The van der Waals surface area contributed by atoms with Crippen LogP contribution in [0.5, 0.6) is 5.75 Å². The Kier molecular flexibility index (Phi) is 4.88. The van der Waals surface area contributed by atoms with Gasteiger partial charge in [-0.2, -0.15) is 4.98 Å². The summed E-state index contributed by atoms with van der Waals surface area (Å²) >= 11 is 0. The number of aryl methyl sites for hydroxylation is 2. The standard InChI is InChI=1S/C24H28N6O/c1-5-19-18-11-15(2)20-7-6-10-30(20)23(18)28-24(27-19)26-17-8-9-21(22(12-17)31-4)29-13-16(3)25-14-29/h8-9,12-14,20H,2,5-7,10-11H2,1,3-4H3,(H,26,27,28). The second-order valence-electron chi connectivity index (χ2n) is 8.27. The van der Waals surface area contributed by atoms with E-state index in [-0.39, 0.29) is 0 Å². The SMILES string of the molecule is C=C1Cc2c(CC)nc(Nc3ccc(-n4cnc(C)c4)c(OC)c3)nc2N2CCCC12. The third kappa shape index (κ3) is 3.44. The number of nitrogens with zero attached hydrogens (tertiary/aromatic N) is 5. The molecule has 160 valence electrons. The fourth-order valence-electron chi connectivity index (χ4n) is 4.72. The second kappa shape index (κ2) is 7.72. The molecule has 1 N–H and O–H groups in total. The van der Waals surface area contributed by atoms with Crippen LogP contribution in [0.1, 0.15) is 36.7 Å². The molecule has 5 rings (SSSR count). The van der Waals surface area contributed by atoms with Gasteiger partial charge in [0, 0.05) is 36.5 Å². The zero-order valence-corrected chi connectivity index (χ0v) is 18.4. The normalized spacial score (nSPS) is 17.5. The first kappa shape index (κ1) is 19.6. The first-order valence-electron chi connectivity index (χ1n) is 10.9. The highest BCUT2D eigenvalue weighted by Gasteiger charge is 2.35. The van der Waals surface area contributed by atoms with Gasteiger partial charge in [0.05, 0.1) is 36.6 Å². The van der Waals surface area contributed by atoms with Crippen LogP contribution < -0.4 is 15.0 Å². The molecule has 0 radical (unpaired) electrons. The van der Waals surface area contributed by atoms with Gasteiger partial charge in [0.1, 0.15) is 11.6 Å². The third-order valence-corrected chi connectivity index (χ3v) is 6.23.